The van der Waals surface area contributed by atoms with Gasteiger partial charge in [0.25, 0.3) is 0 Å². The van der Waals surface area contributed by atoms with Gasteiger partial charge >= 0.3 is 6.18 Å². The first-order valence-corrected chi connectivity index (χ1v) is 5.49. The van der Waals surface area contributed by atoms with E-state index in [2.05, 4.69) is 4.98 Å². The Bertz CT molecular complexity index is 635. The molecule has 0 atom stereocenters. The van der Waals surface area contributed by atoms with Crippen LogP contribution in [0.2, 0.25) is 0 Å². The van der Waals surface area contributed by atoms with Crippen molar-refractivity contribution in [2.24, 2.45) is 5.73 Å². The number of hydrogen-bond donors (Lipinski definition) is 1. The standard InChI is InChI=1S/C12H9F3N2S/c1-6-5-9(11(16)18)17-10-7(6)3-2-4-8(10)12(13,14)15/h2-5H,1H3,(H2,16,18). The van der Waals surface area contributed by atoms with E-state index in [1.165, 1.54) is 6.07 Å². The minimum atomic E-state index is -4.45. The third kappa shape index (κ3) is 2.15. The van der Waals surface area contributed by atoms with Crippen LogP contribution >= 0.6 is 12.2 Å². The maximum Gasteiger partial charge on any atom is 0.418 e. The maximum absolute atomic E-state index is 12.9. The zero-order valence-corrected chi connectivity index (χ0v) is 10.2. The van der Waals surface area contributed by atoms with Gasteiger partial charge in [0, 0.05) is 5.39 Å². The lowest BCUT2D eigenvalue weighted by Gasteiger charge is -2.12. The van der Waals surface area contributed by atoms with Crippen molar-refractivity contribution in [3.05, 3.63) is 41.1 Å². The summed E-state index contributed by atoms with van der Waals surface area (Å²) in [5.41, 5.74) is 5.39. The Morgan fingerprint density at radius 2 is 2.00 bits per heavy atom. The summed E-state index contributed by atoms with van der Waals surface area (Å²) < 4.78 is 38.6. The van der Waals surface area contributed by atoms with Gasteiger partial charge in [0.1, 0.15) is 4.99 Å². The van der Waals surface area contributed by atoms with Crippen LogP contribution in [-0.4, -0.2) is 9.97 Å². The van der Waals surface area contributed by atoms with Gasteiger partial charge in [-0.1, -0.05) is 24.4 Å². The predicted molar refractivity (Wildman–Crippen MR) is 67.4 cm³/mol. The van der Waals surface area contributed by atoms with Gasteiger partial charge in [-0.25, -0.2) is 4.98 Å². The molecule has 1 heterocycles. The number of thiocarbonyl (C=S) groups is 1. The van der Waals surface area contributed by atoms with E-state index in [4.69, 9.17) is 18.0 Å². The maximum atomic E-state index is 12.9. The number of halogens is 3. The summed E-state index contributed by atoms with van der Waals surface area (Å²) in [6, 6.07) is 5.54. The van der Waals surface area contributed by atoms with E-state index in [0.717, 1.165) is 6.07 Å². The molecule has 1 aromatic heterocycles. The summed E-state index contributed by atoms with van der Waals surface area (Å²) in [5, 5.41) is 0.449. The zero-order valence-electron chi connectivity index (χ0n) is 9.38. The lowest BCUT2D eigenvalue weighted by Crippen LogP contribution is -2.14. The second kappa shape index (κ2) is 4.20. The van der Waals surface area contributed by atoms with Gasteiger partial charge < -0.3 is 5.73 Å². The van der Waals surface area contributed by atoms with Crippen LogP contribution in [-0.2, 0) is 6.18 Å². The summed E-state index contributed by atoms with van der Waals surface area (Å²) in [6.07, 6.45) is -4.45. The van der Waals surface area contributed by atoms with E-state index >= 15 is 0 Å². The van der Waals surface area contributed by atoms with Gasteiger partial charge in [0.05, 0.1) is 16.8 Å². The molecule has 1 aromatic carbocycles. The fourth-order valence-corrected chi connectivity index (χ4v) is 1.88. The molecule has 2 rings (SSSR count). The van der Waals surface area contributed by atoms with Gasteiger partial charge in [-0.3, -0.25) is 0 Å². The van der Waals surface area contributed by atoms with Crippen molar-refractivity contribution in [2.45, 2.75) is 13.1 Å². The van der Waals surface area contributed by atoms with Crippen molar-refractivity contribution >= 4 is 28.1 Å². The molecule has 0 fully saturated rings. The highest BCUT2D eigenvalue weighted by atomic mass is 32.1. The third-order valence-corrected chi connectivity index (χ3v) is 2.81. The van der Waals surface area contributed by atoms with Crippen molar-refractivity contribution in [1.29, 1.82) is 0 Å². The second-order valence-corrected chi connectivity index (χ2v) is 4.33. The van der Waals surface area contributed by atoms with Crippen molar-refractivity contribution in [3.63, 3.8) is 0 Å². The number of pyridine rings is 1. The molecule has 0 unspecified atom stereocenters. The molecule has 0 radical (unpaired) electrons. The molecule has 0 aliphatic heterocycles. The van der Waals surface area contributed by atoms with Crippen LogP contribution in [0, 0.1) is 6.92 Å². The lowest BCUT2D eigenvalue weighted by atomic mass is 10.0. The van der Waals surface area contributed by atoms with Crippen LogP contribution in [0.5, 0.6) is 0 Å². The SMILES string of the molecule is Cc1cc(C(N)=S)nc2c(C(F)(F)F)cccc12. The molecule has 0 amide bonds. The number of aromatic nitrogens is 1. The molecule has 2 aromatic rings. The van der Waals surface area contributed by atoms with Crippen LogP contribution in [0.1, 0.15) is 16.8 Å². The molecule has 2 nitrogen and oxygen atoms in total. The molecule has 0 aliphatic carbocycles. The fourth-order valence-electron chi connectivity index (χ4n) is 1.77. The Balaban J connectivity index is 2.86. The number of aryl methyl sites for hydroxylation is 1. The van der Waals surface area contributed by atoms with E-state index in [-0.39, 0.29) is 16.2 Å². The minimum Gasteiger partial charge on any atom is -0.388 e. The third-order valence-electron chi connectivity index (χ3n) is 2.60. The van der Waals surface area contributed by atoms with Crippen LogP contribution < -0.4 is 5.73 Å². The minimum absolute atomic E-state index is 0.0167. The summed E-state index contributed by atoms with van der Waals surface area (Å²) >= 11 is 4.76. The van der Waals surface area contributed by atoms with Crippen LogP contribution in [0.25, 0.3) is 10.9 Å². The molecule has 0 saturated heterocycles. The smallest absolute Gasteiger partial charge is 0.388 e. The zero-order chi connectivity index (χ0) is 13.5. The number of alkyl halides is 3. The number of hydrogen-bond acceptors (Lipinski definition) is 2. The second-order valence-electron chi connectivity index (χ2n) is 3.89. The predicted octanol–water partition coefficient (Wildman–Crippen LogP) is 3.20. The molecular weight excluding hydrogens is 261 g/mol. The lowest BCUT2D eigenvalue weighted by molar-refractivity contribution is -0.136. The van der Waals surface area contributed by atoms with Gasteiger partial charge in [-0.15, -0.1) is 0 Å². The number of rotatable bonds is 1. The molecule has 0 aliphatic rings. The summed E-state index contributed by atoms with van der Waals surface area (Å²) in [6.45, 7) is 1.70. The highest BCUT2D eigenvalue weighted by Crippen LogP contribution is 2.34. The Labute approximate surface area is 107 Å². The van der Waals surface area contributed by atoms with E-state index in [0.29, 0.717) is 10.9 Å². The first-order chi connectivity index (χ1) is 8.30. The van der Waals surface area contributed by atoms with Crippen LogP contribution in [0.3, 0.4) is 0 Å². The number of nitrogens with zero attached hydrogens (tertiary/aromatic N) is 1. The van der Waals surface area contributed by atoms with Gasteiger partial charge in [-0.2, -0.15) is 13.2 Å². The molecular formula is C12H9F3N2S. The fraction of sp³-hybridized carbons (Fsp3) is 0.167. The van der Waals surface area contributed by atoms with Crippen LogP contribution in [0.15, 0.2) is 24.3 Å². The normalized spacial score (nSPS) is 11.8. The Kier molecular flexibility index (Phi) is 2.98. The van der Waals surface area contributed by atoms with Crippen molar-refractivity contribution < 1.29 is 13.2 Å². The highest BCUT2D eigenvalue weighted by Gasteiger charge is 2.33. The van der Waals surface area contributed by atoms with Gasteiger partial charge in [0.2, 0.25) is 0 Å². The quantitative estimate of drug-likeness (QED) is 0.809. The van der Waals surface area contributed by atoms with Crippen molar-refractivity contribution in [2.75, 3.05) is 0 Å². The Morgan fingerprint density at radius 1 is 1.33 bits per heavy atom. The Hall–Kier alpha value is -1.69. The average molecular weight is 270 g/mol. The summed E-state index contributed by atoms with van der Waals surface area (Å²) in [4.78, 5) is 3.90. The van der Waals surface area contributed by atoms with Gasteiger partial charge in [0.15, 0.2) is 0 Å². The van der Waals surface area contributed by atoms with E-state index in [1.54, 1.807) is 19.1 Å². The number of fused-ring (bicyclic) bond motifs is 1. The molecule has 0 spiro atoms. The van der Waals surface area contributed by atoms with Crippen LogP contribution in [0.4, 0.5) is 13.2 Å². The average Bonchev–Trinajstić information content (AvgIpc) is 2.26. The molecule has 0 bridgehead atoms. The van der Waals surface area contributed by atoms with Crippen molar-refractivity contribution in [1.82, 2.24) is 4.98 Å². The summed E-state index contributed by atoms with van der Waals surface area (Å²) in [5.74, 6) is 0. The number of para-hydroxylation sites is 1. The van der Waals surface area contributed by atoms with E-state index < -0.39 is 11.7 Å². The molecule has 0 saturated carbocycles. The first kappa shape index (κ1) is 12.8. The summed E-state index contributed by atoms with van der Waals surface area (Å²) in [7, 11) is 0. The van der Waals surface area contributed by atoms with E-state index in [1.807, 2.05) is 0 Å². The highest BCUT2D eigenvalue weighted by molar-refractivity contribution is 7.80. The number of benzene rings is 1. The van der Waals surface area contributed by atoms with Crippen molar-refractivity contribution in [3.8, 4) is 0 Å². The molecule has 94 valence electrons. The number of nitrogens with two attached hydrogens (primary N) is 1. The van der Waals surface area contributed by atoms with E-state index in [9.17, 15) is 13.2 Å². The molecule has 2 N–H and O–H groups in total. The largest absolute Gasteiger partial charge is 0.418 e. The molecule has 6 heteroatoms. The monoisotopic (exact) mass is 270 g/mol. The Morgan fingerprint density at radius 3 is 2.56 bits per heavy atom. The van der Waals surface area contributed by atoms with Gasteiger partial charge in [-0.05, 0) is 24.6 Å². The first-order valence-electron chi connectivity index (χ1n) is 5.08. The molecule has 18 heavy (non-hydrogen) atoms. The topological polar surface area (TPSA) is 38.9 Å².